The molecule has 0 radical (unpaired) electrons. The third-order valence-corrected chi connectivity index (χ3v) is 2.96. The number of hydrogen-bond donors (Lipinski definition) is 2. The Morgan fingerprint density at radius 3 is 2.71 bits per heavy atom. The molecule has 1 aromatic heterocycles. The molecule has 1 amide bonds. The van der Waals surface area contributed by atoms with Crippen molar-refractivity contribution in [2.24, 2.45) is 0 Å². The normalized spacial score (nSPS) is 10.5. The number of carbonyl (C=O) groups is 2. The van der Waals surface area contributed by atoms with Crippen molar-refractivity contribution in [1.29, 1.82) is 0 Å². The van der Waals surface area contributed by atoms with Crippen LogP contribution in [0.3, 0.4) is 0 Å². The molecule has 0 unspecified atom stereocenters. The summed E-state index contributed by atoms with van der Waals surface area (Å²) in [6.45, 7) is 0.336. The zero-order chi connectivity index (χ0) is 15.2. The molecule has 1 aromatic carbocycles. The topological polar surface area (TPSA) is 96.6 Å². The quantitative estimate of drug-likeness (QED) is 0.790. The molecule has 0 bridgehead atoms. The smallest absolute Gasteiger partial charge is 0.303 e. The maximum Gasteiger partial charge on any atom is 0.303 e. The van der Waals surface area contributed by atoms with Gasteiger partial charge in [-0.25, -0.2) is 0 Å². The second kappa shape index (κ2) is 6.69. The Bertz CT molecular complexity index is 719. The fraction of sp³-hybridized carbons (Fsp3) is 0.267. The SMILES string of the molecule is O=C(O)CCCCNC(=O)c1cc(=O)c2ccccc2o1. The van der Waals surface area contributed by atoms with Gasteiger partial charge in [-0.15, -0.1) is 0 Å². The lowest BCUT2D eigenvalue weighted by Gasteiger charge is -2.04. The zero-order valence-electron chi connectivity index (χ0n) is 11.3. The van der Waals surface area contributed by atoms with Gasteiger partial charge in [-0.3, -0.25) is 14.4 Å². The van der Waals surface area contributed by atoms with Gasteiger partial charge < -0.3 is 14.8 Å². The van der Waals surface area contributed by atoms with Crippen molar-refractivity contribution >= 4 is 22.8 Å². The summed E-state index contributed by atoms with van der Waals surface area (Å²) in [5.41, 5.74) is 0.0916. The van der Waals surface area contributed by atoms with Crippen molar-refractivity contribution in [2.45, 2.75) is 19.3 Å². The third-order valence-electron chi connectivity index (χ3n) is 2.96. The maximum atomic E-state index is 11.9. The number of unbranched alkanes of at least 4 members (excludes halogenated alkanes) is 1. The number of hydrogen-bond acceptors (Lipinski definition) is 4. The van der Waals surface area contributed by atoms with Gasteiger partial charge in [0, 0.05) is 19.0 Å². The maximum absolute atomic E-state index is 11.9. The number of amides is 1. The average molecular weight is 289 g/mol. The first-order valence-corrected chi connectivity index (χ1v) is 6.61. The van der Waals surface area contributed by atoms with Gasteiger partial charge in [-0.1, -0.05) is 12.1 Å². The van der Waals surface area contributed by atoms with Gasteiger partial charge in [0.05, 0.1) is 5.39 Å². The Hall–Kier alpha value is -2.63. The van der Waals surface area contributed by atoms with E-state index >= 15 is 0 Å². The van der Waals surface area contributed by atoms with Crippen molar-refractivity contribution in [3.63, 3.8) is 0 Å². The van der Waals surface area contributed by atoms with Gasteiger partial charge >= 0.3 is 5.97 Å². The van der Waals surface area contributed by atoms with Crippen molar-refractivity contribution in [2.75, 3.05) is 6.54 Å². The summed E-state index contributed by atoms with van der Waals surface area (Å²) in [6, 6.07) is 7.87. The Labute approximate surface area is 120 Å². The van der Waals surface area contributed by atoms with E-state index in [1.807, 2.05) is 0 Å². The summed E-state index contributed by atoms with van der Waals surface area (Å²) in [5, 5.41) is 11.5. The number of carboxylic acid groups (broad SMARTS) is 1. The number of nitrogens with one attached hydrogen (secondary N) is 1. The van der Waals surface area contributed by atoms with Crippen molar-refractivity contribution in [3.05, 3.63) is 46.3 Å². The van der Waals surface area contributed by atoms with Crippen LogP contribution in [0.15, 0.2) is 39.5 Å². The number of rotatable bonds is 6. The Kier molecular flexibility index (Phi) is 4.71. The Morgan fingerprint density at radius 2 is 1.95 bits per heavy atom. The first kappa shape index (κ1) is 14.8. The zero-order valence-corrected chi connectivity index (χ0v) is 11.3. The van der Waals surface area contributed by atoms with Gasteiger partial charge in [0.2, 0.25) is 0 Å². The van der Waals surface area contributed by atoms with Crippen LogP contribution in [0.1, 0.15) is 29.8 Å². The molecule has 1 heterocycles. The van der Waals surface area contributed by atoms with Gasteiger partial charge in [0.25, 0.3) is 5.91 Å². The van der Waals surface area contributed by atoms with E-state index in [1.54, 1.807) is 24.3 Å². The lowest BCUT2D eigenvalue weighted by molar-refractivity contribution is -0.137. The fourth-order valence-corrected chi connectivity index (χ4v) is 1.91. The van der Waals surface area contributed by atoms with Crippen LogP contribution in [0.4, 0.5) is 0 Å². The molecule has 0 saturated carbocycles. The molecule has 0 aliphatic carbocycles. The minimum atomic E-state index is -0.859. The lowest BCUT2D eigenvalue weighted by atomic mass is 10.2. The van der Waals surface area contributed by atoms with Crippen LogP contribution in [0.25, 0.3) is 11.0 Å². The number of fused-ring (bicyclic) bond motifs is 1. The van der Waals surface area contributed by atoms with Crippen LogP contribution < -0.4 is 10.7 Å². The minimum Gasteiger partial charge on any atom is -0.481 e. The molecule has 2 aromatic rings. The number of benzene rings is 1. The molecule has 0 atom stereocenters. The molecule has 0 saturated heterocycles. The van der Waals surface area contributed by atoms with E-state index in [-0.39, 0.29) is 17.6 Å². The first-order valence-electron chi connectivity index (χ1n) is 6.61. The van der Waals surface area contributed by atoms with E-state index in [0.29, 0.717) is 30.4 Å². The van der Waals surface area contributed by atoms with Gasteiger partial charge in [0.1, 0.15) is 5.58 Å². The number of para-hydroxylation sites is 1. The molecular weight excluding hydrogens is 274 g/mol. The molecule has 110 valence electrons. The average Bonchev–Trinajstić information content (AvgIpc) is 2.46. The highest BCUT2D eigenvalue weighted by atomic mass is 16.4. The van der Waals surface area contributed by atoms with Crippen molar-refractivity contribution in [3.8, 4) is 0 Å². The fourth-order valence-electron chi connectivity index (χ4n) is 1.91. The minimum absolute atomic E-state index is 0.0445. The number of carbonyl (C=O) groups excluding carboxylic acids is 1. The predicted molar refractivity (Wildman–Crippen MR) is 76.3 cm³/mol. The highest BCUT2D eigenvalue weighted by Gasteiger charge is 2.11. The first-order chi connectivity index (χ1) is 10.1. The number of aliphatic carboxylic acids is 1. The standard InChI is InChI=1S/C15H15NO5/c17-11-9-13(21-12-6-2-1-5-10(11)12)15(20)16-8-4-3-7-14(18)19/h1-2,5-6,9H,3-4,7-8H2,(H,16,20)(H,18,19). The molecule has 6 nitrogen and oxygen atoms in total. The van der Waals surface area contributed by atoms with E-state index in [2.05, 4.69) is 5.32 Å². The largest absolute Gasteiger partial charge is 0.481 e. The van der Waals surface area contributed by atoms with Crippen LogP contribution in [-0.4, -0.2) is 23.5 Å². The second-order valence-electron chi connectivity index (χ2n) is 4.58. The highest BCUT2D eigenvalue weighted by molar-refractivity contribution is 5.93. The number of carboxylic acids is 1. The summed E-state index contributed by atoms with van der Waals surface area (Å²) in [7, 11) is 0. The summed E-state index contributed by atoms with van der Waals surface area (Å²) < 4.78 is 5.39. The molecular formula is C15H15NO5. The summed E-state index contributed by atoms with van der Waals surface area (Å²) in [6.07, 6.45) is 1.11. The Morgan fingerprint density at radius 1 is 1.19 bits per heavy atom. The van der Waals surface area contributed by atoms with Gasteiger partial charge in [0.15, 0.2) is 11.2 Å². The molecule has 0 fully saturated rings. The van der Waals surface area contributed by atoms with Gasteiger partial charge in [-0.2, -0.15) is 0 Å². The van der Waals surface area contributed by atoms with Gasteiger partial charge in [-0.05, 0) is 25.0 Å². The molecule has 0 spiro atoms. The van der Waals surface area contributed by atoms with Crippen LogP contribution >= 0.6 is 0 Å². The van der Waals surface area contributed by atoms with Crippen molar-refractivity contribution in [1.82, 2.24) is 5.32 Å². The van der Waals surface area contributed by atoms with Crippen LogP contribution in [0.2, 0.25) is 0 Å². The van der Waals surface area contributed by atoms with E-state index in [4.69, 9.17) is 9.52 Å². The molecule has 2 rings (SSSR count). The van der Waals surface area contributed by atoms with E-state index < -0.39 is 11.9 Å². The molecule has 21 heavy (non-hydrogen) atoms. The van der Waals surface area contributed by atoms with E-state index in [1.165, 1.54) is 0 Å². The highest BCUT2D eigenvalue weighted by Crippen LogP contribution is 2.11. The predicted octanol–water partition coefficient (Wildman–Crippen LogP) is 1.78. The van der Waals surface area contributed by atoms with E-state index in [9.17, 15) is 14.4 Å². The molecule has 6 heteroatoms. The molecule has 0 aliphatic heterocycles. The van der Waals surface area contributed by atoms with Crippen LogP contribution in [0.5, 0.6) is 0 Å². The van der Waals surface area contributed by atoms with Crippen LogP contribution in [0, 0.1) is 0 Å². The van der Waals surface area contributed by atoms with E-state index in [0.717, 1.165) is 6.07 Å². The van der Waals surface area contributed by atoms with Crippen LogP contribution in [-0.2, 0) is 4.79 Å². The third kappa shape index (κ3) is 3.92. The lowest BCUT2D eigenvalue weighted by Crippen LogP contribution is -2.25. The van der Waals surface area contributed by atoms with Crippen molar-refractivity contribution < 1.29 is 19.1 Å². The molecule has 2 N–H and O–H groups in total. The molecule has 0 aliphatic rings. The summed E-state index contributed by atoms with van der Waals surface area (Å²) >= 11 is 0. The summed E-state index contributed by atoms with van der Waals surface area (Å²) in [5.74, 6) is -1.38. The summed E-state index contributed by atoms with van der Waals surface area (Å²) in [4.78, 5) is 34.1. The monoisotopic (exact) mass is 289 g/mol. The Balaban J connectivity index is 2.00. The second-order valence-corrected chi connectivity index (χ2v) is 4.58.